The topological polar surface area (TPSA) is 64.6 Å². The van der Waals surface area contributed by atoms with Gasteiger partial charge in [0.2, 0.25) is 0 Å². The third kappa shape index (κ3) is 4.95. The Balaban J connectivity index is 1.33. The number of amides is 2. The van der Waals surface area contributed by atoms with Crippen molar-refractivity contribution in [3.63, 3.8) is 0 Å². The van der Waals surface area contributed by atoms with Crippen molar-refractivity contribution in [2.24, 2.45) is 5.92 Å². The van der Waals surface area contributed by atoms with Crippen LogP contribution < -0.4 is 10.6 Å². The molecule has 0 spiro atoms. The SMILES string of the molecule is CC1CCCN(CCCCNC(=O)N[C@@H]2c3ccccc3C[C@@H]2O)C1. The number of piperidine rings is 1. The Hall–Kier alpha value is -1.59. The summed E-state index contributed by atoms with van der Waals surface area (Å²) in [4.78, 5) is 14.7. The quantitative estimate of drug-likeness (QED) is 0.694. The summed E-state index contributed by atoms with van der Waals surface area (Å²) in [6.45, 7) is 6.57. The number of nitrogens with zero attached hydrogens (tertiary/aromatic N) is 1. The second-order valence-corrected chi connectivity index (χ2v) is 7.60. The van der Waals surface area contributed by atoms with Crippen LogP contribution >= 0.6 is 0 Å². The van der Waals surface area contributed by atoms with E-state index in [9.17, 15) is 9.90 Å². The van der Waals surface area contributed by atoms with Gasteiger partial charge in [-0.2, -0.15) is 0 Å². The first-order chi connectivity index (χ1) is 12.1. The second-order valence-electron chi connectivity index (χ2n) is 7.60. The van der Waals surface area contributed by atoms with Gasteiger partial charge < -0.3 is 20.6 Å². The molecule has 1 aliphatic heterocycles. The number of urea groups is 1. The summed E-state index contributed by atoms with van der Waals surface area (Å²) in [7, 11) is 0. The van der Waals surface area contributed by atoms with Crippen molar-refractivity contribution in [1.29, 1.82) is 0 Å². The van der Waals surface area contributed by atoms with Gasteiger partial charge in [0.15, 0.2) is 0 Å². The van der Waals surface area contributed by atoms with E-state index in [-0.39, 0.29) is 12.1 Å². The number of carbonyl (C=O) groups excluding carboxylic acids is 1. The van der Waals surface area contributed by atoms with Crippen LogP contribution in [0.5, 0.6) is 0 Å². The number of aliphatic hydroxyl groups is 1. The van der Waals surface area contributed by atoms with Crippen LogP contribution in [-0.2, 0) is 6.42 Å². The first-order valence-corrected chi connectivity index (χ1v) is 9.66. The van der Waals surface area contributed by atoms with Gasteiger partial charge in [-0.15, -0.1) is 0 Å². The Kier molecular flexibility index (Phi) is 6.32. The van der Waals surface area contributed by atoms with Crippen molar-refractivity contribution in [3.8, 4) is 0 Å². The molecule has 1 saturated heterocycles. The maximum atomic E-state index is 12.1. The molecule has 1 aromatic rings. The molecule has 3 rings (SSSR count). The molecule has 0 radical (unpaired) electrons. The van der Waals surface area contributed by atoms with Gasteiger partial charge in [0.1, 0.15) is 0 Å². The number of hydrogen-bond donors (Lipinski definition) is 3. The van der Waals surface area contributed by atoms with Crippen molar-refractivity contribution in [3.05, 3.63) is 35.4 Å². The molecule has 2 amide bonds. The molecular formula is C20H31N3O2. The Morgan fingerprint density at radius 1 is 1.32 bits per heavy atom. The van der Waals surface area contributed by atoms with E-state index >= 15 is 0 Å². The lowest BCUT2D eigenvalue weighted by Crippen LogP contribution is -2.41. The van der Waals surface area contributed by atoms with E-state index in [1.165, 1.54) is 25.9 Å². The fraction of sp³-hybridized carbons (Fsp3) is 0.650. The Morgan fingerprint density at radius 2 is 2.16 bits per heavy atom. The highest BCUT2D eigenvalue weighted by Gasteiger charge is 2.31. The normalized spacial score (nSPS) is 26.2. The molecule has 5 heteroatoms. The molecule has 5 nitrogen and oxygen atoms in total. The Bertz CT molecular complexity index is 578. The lowest BCUT2D eigenvalue weighted by molar-refractivity contribution is 0.142. The zero-order chi connectivity index (χ0) is 17.6. The van der Waals surface area contributed by atoms with Gasteiger partial charge >= 0.3 is 6.03 Å². The summed E-state index contributed by atoms with van der Waals surface area (Å²) in [6.07, 6.45) is 4.84. The number of unbranched alkanes of at least 4 members (excludes halogenated alkanes) is 1. The van der Waals surface area contributed by atoms with Crippen LogP contribution in [-0.4, -0.2) is 48.3 Å². The lowest BCUT2D eigenvalue weighted by Gasteiger charge is -2.30. The molecule has 1 aliphatic carbocycles. The smallest absolute Gasteiger partial charge is 0.315 e. The van der Waals surface area contributed by atoms with E-state index in [1.54, 1.807) is 0 Å². The molecule has 0 bridgehead atoms. The summed E-state index contributed by atoms with van der Waals surface area (Å²) in [5.74, 6) is 0.818. The first kappa shape index (κ1) is 18.2. The average Bonchev–Trinajstić information content (AvgIpc) is 2.90. The number of nitrogens with one attached hydrogen (secondary N) is 2. The van der Waals surface area contributed by atoms with E-state index in [2.05, 4.69) is 22.5 Å². The molecule has 3 N–H and O–H groups in total. The molecule has 2 aliphatic rings. The number of fused-ring (bicyclic) bond motifs is 1. The molecule has 0 saturated carbocycles. The highest BCUT2D eigenvalue weighted by Crippen LogP contribution is 2.31. The molecule has 25 heavy (non-hydrogen) atoms. The minimum absolute atomic E-state index is 0.188. The van der Waals surface area contributed by atoms with Crippen LogP contribution in [0.2, 0.25) is 0 Å². The van der Waals surface area contributed by atoms with Gasteiger partial charge in [0, 0.05) is 19.5 Å². The monoisotopic (exact) mass is 345 g/mol. The maximum Gasteiger partial charge on any atom is 0.315 e. The van der Waals surface area contributed by atoms with E-state index in [0.29, 0.717) is 13.0 Å². The van der Waals surface area contributed by atoms with Gasteiger partial charge in [-0.05, 0) is 55.8 Å². The fourth-order valence-corrected chi connectivity index (χ4v) is 4.09. The summed E-state index contributed by atoms with van der Waals surface area (Å²) >= 11 is 0. The molecule has 3 atom stereocenters. The van der Waals surface area contributed by atoms with Gasteiger partial charge in [-0.1, -0.05) is 31.2 Å². The largest absolute Gasteiger partial charge is 0.390 e. The van der Waals surface area contributed by atoms with Gasteiger partial charge in [0.05, 0.1) is 12.1 Å². The highest BCUT2D eigenvalue weighted by molar-refractivity contribution is 5.74. The van der Waals surface area contributed by atoms with Crippen LogP contribution in [0.15, 0.2) is 24.3 Å². The predicted molar refractivity (Wildman–Crippen MR) is 99.5 cm³/mol. The zero-order valence-corrected chi connectivity index (χ0v) is 15.2. The highest BCUT2D eigenvalue weighted by atomic mass is 16.3. The predicted octanol–water partition coefficient (Wildman–Crippen LogP) is 2.46. The van der Waals surface area contributed by atoms with Crippen molar-refractivity contribution in [1.82, 2.24) is 15.5 Å². The van der Waals surface area contributed by atoms with E-state index in [0.717, 1.165) is 36.4 Å². The fourth-order valence-electron chi connectivity index (χ4n) is 4.09. The number of carbonyl (C=O) groups is 1. The number of aliphatic hydroxyl groups excluding tert-OH is 1. The molecule has 0 aromatic heterocycles. The van der Waals surface area contributed by atoms with Crippen LogP contribution in [0.4, 0.5) is 4.79 Å². The van der Waals surface area contributed by atoms with E-state index in [1.807, 2.05) is 24.3 Å². The van der Waals surface area contributed by atoms with Crippen molar-refractivity contribution >= 4 is 6.03 Å². The van der Waals surface area contributed by atoms with Crippen LogP contribution in [0.25, 0.3) is 0 Å². The van der Waals surface area contributed by atoms with Crippen LogP contribution in [0.3, 0.4) is 0 Å². The molecule has 1 heterocycles. The summed E-state index contributed by atoms with van der Waals surface area (Å²) in [6, 6.07) is 7.43. The van der Waals surface area contributed by atoms with E-state index < -0.39 is 6.10 Å². The third-order valence-electron chi connectivity index (χ3n) is 5.42. The average molecular weight is 345 g/mol. The maximum absolute atomic E-state index is 12.1. The van der Waals surface area contributed by atoms with Crippen molar-refractivity contribution < 1.29 is 9.90 Å². The number of rotatable bonds is 6. The van der Waals surface area contributed by atoms with Gasteiger partial charge in [-0.3, -0.25) is 0 Å². The lowest BCUT2D eigenvalue weighted by atomic mass is 10.0. The molecule has 1 unspecified atom stereocenters. The molecule has 138 valence electrons. The third-order valence-corrected chi connectivity index (χ3v) is 5.42. The molecule has 1 fully saturated rings. The number of benzene rings is 1. The van der Waals surface area contributed by atoms with Crippen molar-refractivity contribution in [2.45, 2.75) is 51.2 Å². The van der Waals surface area contributed by atoms with Crippen LogP contribution in [0.1, 0.15) is 49.8 Å². The minimum Gasteiger partial charge on any atom is -0.390 e. The van der Waals surface area contributed by atoms with Crippen LogP contribution in [0, 0.1) is 5.92 Å². The van der Waals surface area contributed by atoms with E-state index in [4.69, 9.17) is 0 Å². The van der Waals surface area contributed by atoms with Gasteiger partial charge in [0.25, 0.3) is 0 Å². The molecular weight excluding hydrogens is 314 g/mol. The molecule has 1 aromatic carbocycles. The summed E-state index contributed by atoms with van der Waals surface area (Å²) < 4.78 is 0. The minimum atomic E-state index is -0.538. The standard InChI is InChI=1S/C20H31N3O2/c1-15-7-6-12-23(14-15)11-5-4-10-21-20(25)22-19-17-9-3-2-8-16(17)13-18(19)24/h2-3,8-9,15,18-19,24H,4-7,10-14H2,1H3,(H2,21,22,25)/t15?,18-,19+/m0/s1. The Morgan fingerprint density at radius 3 is 3.00 bits per heavy atom. The first-order valence-electron chi connectivity index (χ1n) is 9.66. The second kappa shape index (κ2) is 8.68. The number of likely N-dealkylation sites (tertiary alicyclic amines) is 1. The van der Waals surface area contributed by atoms with Gasteiger partial charge in [-0.25, -0.2) is 4.79 Å². The Labute approximate surface area is 150 Å². The number of hydrogen-bond acceptors (Lipinski definition) is 3. The zero-order valence-electron chi connectivity index (χ0n) is 15.2. The summed E-state index contributed by atoms with van der Waals surface area (Å²) in [5.41, 5.74) is 2.15. The van der Waals surface area contributed by atoms with Crippen molar-refractivity contribution in [2.75, 3.05) is 26.2 Å². The summed E-state index contributed by atoms with van der Waals surface area (Å²) in [5, 5.41) is 16.0.